The Balaban J connectivity index is 1.93. The summed E-state index contributed by atoms with van der Waals surface area (Å²) in [6.45, 7) is 2.96. The first-order valence-electron chi connectivity index (χ1n) is 6.46. The van der Waals surface area contributed by atoms with E-state index in [1.54, 1.807) is 0 Å². The van der Waals surface area contributed by atoms with E-state index in [1.165, 1.54) is 12.5 Å². The Morgan fingerprint density at radius 2 is 1.75 bits per heavy atom. The van der Waals surface area contributed by atoms with E-state index in [2.05, 4.69) is 10.6 Å². The van der Waals surface area contributed by atoms with Gasteiger partial charge in [0.2, 0.25) is 5.91 Å². The molecule has 0 bridgehead atoms. The van der Waals surface area contributed by atoms with Gasteiger partial charge in [-0.25, -0.2) is 0 Å². The minimum Gasteiger partial charge on any atom is -0.326 e. The minimum absolute atomic E-state index is 0.0600. The van der Waals surface area contributed by atoms with Crippen molar-refractivity contribution in [3.63, 3.8) is 0 Å². The monoisotopic (exact) mass is 288 g/mol. The van der Waals surface area contributed by atoms with Gasteiger partial charge in [0, 0.05) is 30.7 Å². The van der Waals surface area contributed by atoms with Crippen LogP contribution in [0.4, 0.5) is 5.69 Å². The number of hydrogen-bond acceptors (Lipinski definition) is 2. The van der Waals surface area contributed by atoms with Gasteiger partial charge in [-0.2, -0.15) is 0 Å². The van der Waals surface area contributed by atoms with Gasteiger partial charge in [-0.05, 0) is 29.3 Å². The molecular weight excluding hydrogens is 272 g/mol. The molecule has 0 saturated carbocycles. The number of para-hydroxylation sites is 1. The van der Waals surface area contributed by atoms with E-state index < -0.39 is 0 Å². The number of hydrogen-bond donors (Lipinski definition) is 2. The van der Waals surface area contributed by atoms with E-state index >= 15 is 0 Å². The van der Waals surface area contributed by atoms with Crippen LogP contribution in [0.2, 0.25) is 5.02 Å². The highest BCUT2D eigenvalue weighted by atomic mass is 35.5. The summed E-state index contributed by atoms with van der Waals surface area (Å²) in [6, 6.07) is 15.5. The Hall–Kier alpha value is -1.84. The van der Waals surface area contributed by atoms with Crippen molar-refractivity contribution in [1.82, 2.24) is 5.32 Å². The summed E-state index contributed by atoms with van der Waals surface area (Å²) < 4.78 is 0. The van der Waals surface area contributed by atoms with Gasteiger partial charge in [0.25, 0.3) is 0 Å². The Morgan fingerprint density at radius 1 is 1.05 bits per heavy atom. The van der Waals surface area contributed by atoms with Gasteiger partial charge in [0.1, 0.15) is 0 Å². The maximum Gasteiger partial charge on any atom is 0.221 e. The molecule has 0 aromatic heterocycles. The molecule has 0 aliphatic rings. The molecule has 1 amide bonds. The van der Waals surface area contributed by atoms with Crippen LogP contribution in [0.3, 0.4) is 0 Å². The smallest absolute Gasteiger partial charge is 0.221 e. The van der Waals surface area contributed by atoms with Gasteiger partial charge >= 0.3 is 0 Å². The fraction of sp³-hybridized carbons (Fsp3) is 0.188. The lowest BCUT2D eigenvalue weighted by Gasteiger charge is -2.11. The van der Waals surface area contributed by atoms with Crippen LogP contribution in [0.5, 0.6) is 0 Å². The second-order valence-corrected chi connectivity index (χ2v) is 5.00. The molecule has 0 atom stereocenters. The fourth-order valence-electron chi connectivity index (χ4n) is 1.93. The van der Waals surface area contributed by atoms with Gasteiger partial charge in [0.15, 0.2) is 0 Å². The number of nitrogens with one attached hydrogen (secondary N) is 2. The third-order valence-electron chi connectivity index (χ3n) is 2.89. The SMILES string of the molecule is CC(=O)Nc1ccccc1CNCc1ccc(Cl)cc1. The first-order valence-corrected chi connectivity index (χ1v) is 6.83. The molecule has 104 valence electrons. The molecule has 4 heteroatoms. The lowest BCUT2D eigenvalue weighted by Crippen LogP contribution is -2.15. The van der Waals surface area contributed by atoms with Crippen LogP contribution in [0.25, 0.3) is 0 Å². The van der Waals surface area contributed by atoms with Crippen LogP contribution in [0.1, 0.15) is 18.1 Å². The zero-order chi connectivity index (χ0) is 14.4. The summed E-state index contributed by atoms with van der Waals surface area (Å²) in [5.74, 6) is -0.0600. The summed E-state index contributed by atoms with van der Waals surface area (Å²) in [7, 11) is 0. The van der Waals surface area contributed by atoms with E-state index in [0.717, 1.165) is 22.8 Å². The molecule has 2 N–H and O–H groups in total. The molecule has 0 radical (unpaired) electrons. The largest absolute Gasteiger partial charge is 0.326 e. The standard InChI is InChI=1S/C16H17ClN2O/c1-12(20)19-16-5-3-2-4-14(16)11-18-10-13-6-8-15(17)9-7-13/h2-9,18H,10-11H2,1H3,(H,19,20). The molecule has 2 rings (SSSR count). The molecule has 0 saturated heterocycles. The van der Waals surface area contributed by atoms with Crippen LogP contribution >= 0.6 is 11.6 Å². The van der Waals surface area contributed by atoms with Crippen molar-refractivity contribution in [3.05, 3.63) is 64.7 Å². The van der Waals surface area contributed by atoms with E-state index in [0.29, 0.717) is 6.54 Å². The van der Waals surface area contributed by atoms with Crippen molar-refractivity contribution in [3.8, 4) is 0 Å². The molecule has 0 heterocycles. The predicted octanol–water partition coefficient (Wildman–Crippen LogP) is 3.59. The average molecular weight is 289 g/mol. The Morgan fingerprint density at radius 3 is 2.45 bits per heavy atom. The van der Waals surface area contributed by atoms with E-state index in [-0.39, 0.29) is 5.91 Å². The zero-order valence-corrected chi connectivity index (χ0v) is 12.1. The van der Waals surface area contributed by atoms with Gasteiger partial charge in [0.05, 0.1) is 0 Å². The topological polar surface area (TPSA) is 41.1 Å². The first kappa shape index (κ1) is 14.6. The van der Waals surface area contributed by atoms with E-state index in [9.17, 15) is 4.79 Å². The van der Waals surface area contributed by atoms with Crippen molar-refractivity contribution in [2.45, 2.75) is 20.0 Å². The second-order valence-electron chi connectivity index (χ2n) is 4.57. The third-order valence-corrected chi connectivity index (χ3v) is 3.14. The van der Waals surface area contributed by atoms with Crippen LogP contribution in [-0.2, 0) is 17.9 Å². The van der Waals surface area contributed by atoms with Gasteiger partial charge in [-0.15, -0.1) is 0 Å². The third kappa shape index (κ3) is 4.37. The van der Waals surface area contributed by atoms with Crippen molar-refractivity contribution < 1.29 is 4.79 Å². The van der Waals surface area contributed by atoms with Crippen LogP contribution in [0, 0.1) is 0 Å². The maximum absolute atomic E-state index is 11.1. The quantitative estimate of drug-likeness (QED) is 0.883. The fourth-order valence-corrected chi connectivity index (χ4v) is 2.06. The predicted molar refractivity (Wildman–Crippen MR) is 82.7 cm³/mol. The lowest BCUT2D eigenvalue weighted by molar-refractivity contribution is -0.114. The molecule has 0 fully saturated rings. The first-order chi connectivity index (χ1) is 9.65. The van der Waals surface area contributed by atoms with Crippen molar-refractivity contribution >= 4 is 23.2 Å². The second kappa shape index (κ2) is 7.08. The van der Waals surface area contributed by atoms with Crippen LogP contribution < -0.4 is 10.6 Å². The molecule has 20 heavy (non-hydrogen) atoms. The van der Waals surface area contributed by atoms with Gasteiger partial charge in [-0.3, -0.25) is 4.79 Å². The number of anilines is 1. The van der Waals surface area contributed by atoms with Crippen LogP contribution in [0.15, 0.2) is 48.5 Å². The number of rotatable bonds is 5. The van der Waals surface area contributed by atoms with Crippen molar-refractivity contribution in [1.29, 1.82) is 0 Å². The summed E-state index contributed by atoms with van der Waals surface area (Å²) in [5.41, 5.74) is 3.09. The minimum atomic E-state index is -0.0600. The Labute approximate surface area is 124 Å². The van der Waals surface area contributed by atoms with Crippen molar-refractivity contribution in [2.24, 2.45) is 0 Å². The Kier molecular flexibility index (Phi) is 5.16. The number of halogens is 1. The van der Waals surface area contributed by atoms with Crippen molar-refractivity contribution in [2.75, 3.05) is 5.32 Å². The molecule has 2 aromatic carbocycles. The highest BCUT2D eigenvalue weighted by molar-refractivity contribution is 6.30. The number of carbonyl (C=O) groups is 1. The Bertz CT molecular complexity index is 581. The highest BCUT2D eigenvalue weighted by Crippen LogP contribution is 2.15. The normalized spacial score (nSPS) is 10.3. The highest BCUT2D eigenvalue weighted by Gasteiger charge is 2.02. The summed E-state index contributed by atoms with van der Waals surface area (Å²) in [5, 5.41) is 6.93. The summed E-state index contributed by atoms with van der Waals surface area (Å²) >= 11 is 5.85. The molecule has 0 aliphatic carbocycles. The summed E-state index contributed by atoms with van der Waals surface area (Å²) in [4.78, 5) is 11.1. The number of amides is 1. The van der Waals surface area contributed by atoms with E-state index in [4.69, 9.17) is 11.6 Å². The van der Waals surface area contributed by atoms with E-state index in [1.807, 2.05) is 48.5 Å². The lowest BCUT2D eigenvalue weighted by atomic mass is 10.1. The molecular formula is C16H17ClN2O. The molecule has 0 aliphatic heterocycles. The molecule has 3 nitrogen and oxygen atoms in total. The maximum atomic E-state index is 11.1. The van der Waals surface area contributed by atoms with Gasteiger partial charge in [-0.1, -0.05) is 41.9 Å². The average Bonchev–Trinajstić information content (AvgIpc) is 2.42. The molecule has 0 unspecified atom stereocenters. The number of carbonyl (C=O) groups excluding carboxylic acids is 1. The molecule has 2 aromatic rings. The zero-order valence-electron chi connectivity index (χ0n) is 11.3. The number of benzene rings is 2. The molecule has 0 spiro atoms. The van der Waals surface area contributed by atoms with Gasteiger partial charge < -0.3 is 10.6 Å². The summed E-state index contributed by atoms with van der Waals surface area (Å²) in [6.07, 6.45) is 0. The van der Waals surface area contributed by atoms with Crippen LogP contribution in [-0.4, -0.2) is 5.91 Å².